The van der Waals surface area contributed by atoms with Gasteiger partial charge in [0.2, 0.25) is 5.91 Å². The van der Waals surface area contributed by atoms with Crippen LogP contribution in [0.3, 0.4) is 0 Å². The van der Waals surface area contributed by atoms with E-state index in [1.54, 1.807) is 11.8 Å². The van der Waals surface area contributed by atoms with Crippen LogP contribution in [0.1, 0.15) is 5.69 Å². The molecule has 10 heteroatoms. The lowest BCUT2D eigenvalue weighted by Gasteiger charge is -2.27. The lowest BCUT2D eigenvalue weighted by Crippen LogP contribution is -2.43. The van der Waals surface area contributed by atoms with Crippen molar-refractivity contribution in [3.8, 4) is 5.69 Å². The molecule has 1 aliphatic heterocycles. The van der Waals surface area contributed by atoms with Crippen molar-refractivity contribution in [2.45, 2.75) is 13.5 Å². The largest absolute Gasteiger partial charge is 0.378 e. The van der Waals surface area contributed by atoms with Gasteiger partial charge in [-0.05, 0) is 25.1 Å². The highest BCUT2D eigenvalue weighted by Crippen LogP contribution is 2.19. The third kappa shape index (κ3) is 3.47. The zero-order valence-electron chi connectivity index (χ0n) is 15.6. The maximum Gasteiger partial charge on any atom is 0.280 e. The number of ether oxygens (including phenoxy) is 1. The number of halogens is 2. The molecule has 29 heavy (non-hydrogen) atoms. The van der Waals surface area contributed by atoms with Crippen LogP contribution >= 0.6 is 11.6 Å². The third-order valence-corrected chi connectivity index (χ3v) is 5.33. The smallest absolute Gasteiger partial charge is 0.280 e. The zero-order valence-corrected chi connectivity index (χ0v) is 16.3. The van der Waals surface area contributed by atoms with Gasteiger partial charge in [-0.25, -0.2) is 9.07 Å². The molecule has 0 radical (unpaired) electrons. The second kappa shape index (κ2) is 7.49. The van der Waals surface area contributed by atoms with Crippen LogP contribution in [-0.2, 0) is 16.1 Å². The van der Waals surface area contributed by atoms with E-state index in [9.17, 15) is 18.8 Å². The number of fused-ring (bicyclic) bond motifs is 1. The highest BCUT2D eigenvalue weighted by atomic mass is 35.5. The van der Waals surface area contributed by atoms with Crippen LogP contribution in [0.2, 0.25) is 5.02 Å². The van der Waals surface area contributed by atoms with E-state index < -0.39 is 16.9 Å². The van der Waals surface area contributed by atoms with Gasteiger partial charge in [0.25, 0.3) is 11.1 Å². The van der Waals surface area contributed by atoms with Crippen molar-refractivity contribution < 1.29 is 13.9 Å². The molecule has 1 amide bonds. The van der Waals surface area contributed by atoms with Crippen LogP contribution in [0.25, 0.3) is 16.6 Å². The van der Waals surface area contributed by atoms with Gasteiger partial charge in [-0.15, -0.1) is 0 Å². The van der Waals surface area contributed by atoms with Gasteiger partial charge in [0.1, 0.15) is 12.4 Å². The molecule has 3 heterocycles. The van der Waals surface area contributed by atoms with Crippen molar-refractivity contribution in [3.05, 3.63) is 61.5 Å². The molecule has 8 nitrogen and oxygen atoms in total. The SMILES string of the molecule is Cc1c2c(=O)n(-c3ccc(F)c(Cl)c3)[nH]c2cc(=O)n1CC(=O)N1CCOCC1. The number of amides is 1. The Morgan fingerprint density at radius 2 is 1.97 bits per heavy atom. The summed E-state index contributed by atoms with van der Waals surface area (Å²) < 4.78 is 21.2. The van der Waals surface area contributed by atoms with Gasteiger partial charge >= 0.3 is 0 Å². The Kier molecular flexibility index (Phi) is 5.01. The predicted molar refractivity (Wildman–Crippen MR) is 105 cm³/mol. The van der Waals surface area contributed by atoms with E-state index in [0.717, 1.165) is 6.07 Å². The minimum Gasteiger partial charge on any atom is -0.378 e. The molecule has 3 aromatic rings. The minimum atomic E-state index is -0.600. The van der Waals surface area contributed by atoms with E-state index in [4.69, 9.17) is 16.3 Å². The summed E-state index contributed by atoms with van der Waals surface area (Å²) in [6.45, 7) is 3.32. The van der Waals surface area contributed by atoms with E-state index in [-0.39, 0.29) is 22.9 Å². The highest BCUT2D eigenvalue weighted by Gasteiger charge is 2.21. The van der Waals surface area contributed by atoms with Crippen molar-refractivity contribution >= 4 is 28.4 Å². The van der Waals surface area contributed by atoms with E-state index in [1.165, 1.54) is 27.4 Å². The number of nitrogens with zero attached hydrogens (tertiary/aromatic N) is 3. The molecular formula is C19H18ClFN4O4. The normalized spacial score (nSPS) is 14.5. The zero-order chi connectivity index (χ0) is 20.7. The van der Waals surface area contributed by atoms with E-state index in [1.807, 2.05) is 0 Å². The lowest BCUT2D eigenvalue weighted by molar-refractivity contribution is -0.135. The number of aromatic amines is 1. The van der Waals surface area contributed by atoms with Crippen LogP contribution < -0.4 is 11.1 Å². The molecule has 0 saturated carbocycles. The molecule has 1 N–H and O–H groups in total. The molecule has 0 bridgehead atoms. The summed E-state index contributed by atoms with van der Waals surface area (Å²) in [5, 5.41) is 3.00. The second-order valence-corrected chi connectivity index (χ2v) is 7.19. The first kappa shape index (κ1) is 19.4. The summed E-state index contributed by atoms with van der Waals surface area (Å²) in [5.74, 6) is -0.809. The summed E-state index contributed by atoms with van der Waals surface area (Å²) in [7, 11) is 0. The van der Waals surface area contributed by atoms with Gasteiger partial charge < -0.3 is 14.2 Å². The minimum absolute atomic E-state index is 0.125. The maximum atomic E-state index is 13.4. The third-order valence-electron chi connectivity index (χ3n) is 5.04. The summed E-state index contributed by atoms with van der Waals surface area (Å²) in [6, 6.07) is 5.15. The standard InChI is InChI=1S/C19H18ClFN4O4/c1-11-18-15(22-25(19(18)28)12-2-3-14(21)13(20)8-12)9-16(26)24(11)10-17(27)23-4-6-29-7-5-23/h2-3,8-9,22H,4-7,10H2,1H3. The van der Waals surface area contributed by atoms with Crippen molar-refractivity contribution in [1.29, 1.82) is 0 Å². The Morgan fingerprint density at radius 3 is 2.66 bits per heavy atom. The monoisotopic (exact) mass is 420 g/mol. The number of benzene rings is 1. The van der Waals surface area contributed by atoms with Crippen LogP contribution in [0, 0.1) is 12.7 Å². The van der Waals surface area contributed by atoms with Crippen LogP contribution in [0.5, 0.6) is 0 Å². The number of rotatable bonds is 3. The first-order chi connectivity index (χ1) is 13.9. The van der Waals surface area contributed by atoms with E-state index in [0.29, 0.717) is 43.2 Å². The number of aryl methyl sites for hydroxylation is 1. The van der Waals surface area contributed by atoms with Crippen molar-refractivity contribution in [2.75, 3.05) is 26.3 Å². The molecule has 0 atom stereocenters. The predicted octanol–water partition coefficient (Wildman–Crippen LogP) is 1.44. The average molecular weight is 421 g/mol. The number of carbonyl (C=O) groups excluding carboxylic acids is 1. The molecule has 0 aliphatic carbocycles. The Morgan fingerprint density at radius 1 is 1.24 bits per heavy atom. The van der Waals surface area contributed by atoms with Gasteiger partial charge in [-0.2, -0.15) is 0 Å². The molecule has 1 aromatic carbocycles. The molecule has 0 unspecified atom stereocenters. The van der Waals surface area contributed by atoms with Crippen LogP contribution in [0.15, 0.2) is 33.9 Å². The topological polar surface area (TPSA) is 89.3 Å². The van der Waals surface area contributed by atoms with Gasteiger partial charge in [-0.3, -0.25) is 19.5 Å². The van der Waals surface area contributed by atoms with Gasteiger partial charge in [-0.1, -0.05) is 11.6 Å². The first-order valence-electron chi connectivity index (χ1n) is 9.03. The Hall–Kier alpha value is -2.91. The summed E-state index contributed by atoms with van der Waals surface area (Å²) in [4.78, 5) is 39.8. The number of carbonyl (C=O) groups is 1. The van der Waals surface area contributed by atoms with Gasteiger partial charge in [0, 0.05) is 24.8 Å². The number of aromatic nitrogens is 3. The molecule has 2 aromatic heterocycles. The second-order valence-electron chi connectivity index (χ2n) is 6.79. The molecule has 1 aliphatic rings. The quantitative estimate of drug-likeness (QED) is 0.694. The summed E-state index contributed by atoms with van der Waals surface area (Å²) >= 11 is 5.82. The Labute approximate surface area is 169 Å². The van der Waals surface area contributed by atoms with Crippen molar-refractivity contribution in [3.63, 3.8) is 0 Å². The molecule has 0 spiro atoms. The van der Waals surface area contributed by atoms with E-state index >= 15 is 0 Å². The number of hydrogen-bond acceptors (Lipinski definition) is 4. The van der Waals surface area contributed by atoms with Crippen molar-refractivity contribution in [2.24, 2.45) is 0 Å². The summed E-state index contributed by atoms with van der Waals surface area (Å²) in [6.07, 6.45) is 0. The average Bonchev–Trinajstić information content (AvgIpc) is 3.04. The van der Waals surface area contributed by atoms with Gasteiger partial charge in [0.15, 0.2) is 0 Å². The molecular weight excluding hydrogens is 403 g/mol. The fourth-order valence-corrected chi connectivity index (χ4v) is 3.64. The highest BCUT2D eigenvalue weighted by molar-refractivity contribution is 6.30. The number of nitrogens with one attached hydrogen (secondary N) is 1. The van der Waals surface area contributed by atoms with Crippen LogP contribution in [0.4, 0.5) is 4.39 Å². The fourth-order valence-electron chi connectivity index (χ4n) is 3.46. The number of morpholine rings is 1. The molecule has 4 rings (SSSR count). The maximum absolute atomic E-state index is 13.4. The number of pyridine rings is 1. The molecule has 1 saturated heterocycles. The number of H-pyrrole nitrogens is 1. The molecule has 152 valence electrons. The molecule has 1 fully saturated rings. The first-order valence-corrected chi connectivity index (χ1v) is 9.40. The Bertz CT molecular complexity index is 1220. The van der Waals surface area contributed by atoms with E-state index in [2.05, 4.69) is 5.10 Å². The fraction of sp³-hybridized carbons (Fsp3) is 0.316. The summed E-state index contributed by atoms with van der Waals surface area (Å²) in [5.41, 5.74) is 0.214. The lowest BCUT2D eigenvalue weighted by atomic mass is 10.2. The van der Waals surface area contributed by atoms with Crippen LogP contribution in [-0.4, -0.2) is 51.5 Å². The van der Waals surface area contributed by atoms with Gasteiger partial charge in [0.05, 0.1) is 34.8 Å². The van der Waals surface area contributed by atoms with Crippen molar-refractivity contribution in [1.82, 2.24) is 19.2 Å². The Balaban J connectivity index is 1.77. The number of hydrogen-bond donors (Lipinski definition) is 1.